The largest absolute Gasteiger partial charge is 0.380 e. The molecular formula is C22H17ClFN9O5. The highest BCUT2D eigenvalue weighted by Gasteiger charge is 2.49. The number of hydrogen-bond donors (Lipinski definition) is 3. The lowest BCUT2D eigenvalue weighted by atomic mass is 9.95. The fourth-order valence-corrected chi connectivity index (χ4v) is 4.20. The van der Waals surface area contributed by atoms with Crippen LogP contribution in [-0.4, -0.2) is 66.9 Å². The van der Waals surface area contributed by atoms with Crippen LogP contribution in [0.25, 0.3) is 16.7 Å². The zero-order valence-electron chi connectivity index (χ0n) is 19.4. The van der Waals surface area contributed by atoms with Crippen molar-refractivity contribution in [1.82, 2.24) is 25.1 Å². The first-order chi connectivity index (χ1) is 18.1. The molecule has 3 aromatic heterocycles. The van der Waals surface area contributed by atoms with Gasteiger partial charge in [0.05, 0.1) is 41.6 Å². The molecule has 0 saturated carbocycles. The topological polar surface area (TPSA) is 198 Å². The molecule has 2 amide bonds. The average Bonchev–Trinajstić information content (AvgIpc) is 3.46. The molecule has 16 heteroatoms. The number of amides is 2. The minimum absolute atomic E-state index is 0.0169. The number of carbonyl (C=O) groups excluding carboxylic acids is 2. The summed E-state index contributed by atoms with van der Waals surface area (Å²) in [6.45, 7) is 0.858. The van der Waals surface area contributed by atoms with Crippen molar-refractivity contribution in [1.29, 1.82) is 5.26 Å². The lowest BCUT2D eigenvalue weighted by molar-refractivity contribution is -0.165. The number of nitrogens with one attached hydrogen (secondary N) is 1. The second kappa shape index (κ2) is 9.34. The summed E-state index contributed by atoms with van der Waals surface area (Å²) in [7, 11) is 0. The minimum atomic E-state index is -2.40. The fourth-order valence-electron chi connectivity index (χ4n) is 3.89. The Kier molecular flexibility index (Phi) is 6.15. The Morgan fingerprint density at radius 1 is 1.42 bits per heavy atom. The number of nitrogen functional groups attached to an aromatic ring is 1. The van der Waals surface area contributed by atoms with Gasteiger partial charge in [0.25, 0.3) is 11.8 Å². The zero-order chi connectivity index (χ0) is 27.2. The fraction of sp³-hybridized carbons (Fsp3) is 0.227. The van der Waals surface area contributed by atoms with Gasteiger partial charge >= 0.3 is 0 Å². The van der Waals surface area contributed by atoms with E-state index in [-0.39, 0.29) is 52.5 Å². The van der Waals surface area contributed by atoms with Gasteiger partial charge in [-0.05, 0) is 13.0 Å². The SMILES string of the molecule is CC(O)(C(=O)Nc1cc(Cl)c2c(N)noc2c1)C1OCCN(c2nn(-c3cnnc(C#N)c3)cc2F)C1=O. The maximum absolute atomic E-state index is 14.9. The predicted octanol–water partition coefficient (Wildman–Crippen LogP) is 1.17. The molecule has 0 spiro atoms. The van der Waals surface area contributed by atoms with Gasteiger partial charge in [-0.1, -0.05) is 16.8 Å². The number of anilines is 3. The molecule has 5 rings (SSSR count). The first-order valence-corrected chi connectivity index (χ1v) is 11.3. The number of fused-ring (bicyclic) bond motifs is 1. The van der Waals surface area contributed by atoms with E-state index in [4.69, 9.17) is 31.9 Å². The summed E-state index contributed by atoms with van der Waals surface area (Å²) in [6, 6.07) is 5.91. The number of rotatable bonds is 5. The van der Waals surface area contributed by atoms with Crippen LogP contribution in [0.4, 0.5) is 21.7 Å². The van der Waals surface area contributed by atoms with Gasteiger partial charge in [-0.15, -0.1) is 10.2 Å². The number of nitriles is 1. The number of nitrogens with zero attached hydrogens (tertiary/aromatic N) is 7. The molecule has 1 saturated heterocycles. The Bertz CT molecular complexity index is 1630. The molecule has 2 atom stereocenters. The Hall–Kier alpha value is -4.65. The molecule has 0 bridgehead atoms. The number of carbonyl (C=O) groups is 2. The highest BCUT2D eigenvalue weighted by atomic mass is 35.5. The predicted molar refractivity (Wildman–Crippen MR) is 129 cm³/mol. The average molecular weight is 542 g/mol. The maximum atomic E-state index is 14.9. The van der Waals surface area contributed by atoms with E-state index in [1.54, 1.807) is 0 Å². The summed E-state index contributed by atoms with van der Waals surface area (Å²) >= 11 is 6.20. The molecule has 4 heterocycles. The number of hydrogen-bond acceptors (Lipinski definition) is 11. The lowest BCUT2D eigenvalue weighted by Crippen LogP contribution is -2.61. The van der Waals surface area contributed by atoms with E-state index in [1.807, 2.05) is 6.07 Å². The van der Waals surface area contributed by atoms with Crippen LogP contribution in [0.1, 0.15) is 12.6 Å². The number of benzene rings is 1. The van der Waals surface area contributed by atoms with Gasteiger partial charge in [0.15, 0.2) is 40.4 Å². The monoisotopic (exact) mass is 541 g/mol. The Balaban J connectivity index is 1.38. The molecule has 14 nitrogen and oxygen atoms in total. The molecule has 38 heavy (non-hydrogen) atoms. The summed E-state index contributed by atoms with van der Waals surface area (Å²) in [5.41, 5.74) is 3.85. The number of nitrogens with two attached hydrogens (primary N) is 1. The molecule has 0 radical (unpaired) electrons. The quantitative estimate of drug-likeness (QED) is 0.327. The summed E-state index contributed by atoms with van der Waals surface area (Å²) in [5.74, 6) is -3.07. The van der Waals surface area contributed by atoms with E-state index < -0.39 is 29.3 Å². The summed E-state index contributed by atoms with van der Waals surface area (Å²) in [4.78, 5) is 27.3. The molecule has 1 fully saturated rings. The second-order valence-electron chi connectivity index (χ2n) is 8.40. The third-order valence-electron chi connectivity index (χ3n) is 5.80. The van der Waals surface area contributed by atoms with E-state index >= 15 is 0 Å². The number of halogens is 2. The third-order valence-corrected chi connectivity index (χ3v) is 6.10. The van der Waals surface area contributed by atoms with Crippen LogP contribution in [-0.2, 0) is 14.3 Å². The number of aromatic nitrogens is 5. The van der Waals surface area contributed by atoms with E-state index in [0.29, 0.717) is 5.39 Å². The van der Waals surface area contributed by atoms with Gasteiger partial charge in [-0.25, -0.2) is 9.07 Å². The van der Waals surface area contributed by atoms with Gasteiger partial charge in [0, 0.05) is 17.8 Å². The zero-order valence-corrected chi connectivity index (χ0v) is 20.2. The Morgan fingerprint density at radius 2 is 2.21 bits per heavy atom. The van der Waals surface area contributed by atoms with E-state index in [2.05, 4.69) is 25.8 Å². The molecular weight excluding hydrogens is 525 g/mol. The first kappa shape index (κ1) is 25.0. The Labute approximate surface area is 217 Å². The molecule has 194 valence electrons. The van der Waals surface area contributed by atoms with Gasteiger partial charge in [0.1, 0.15) is 6.07 Å². The van der Waals surface area contributed by atoms with Crippen LogP contribution in [0.3, 0.4) is 0 Å². The molecule has 2 unspecified atom stereocenters. The first-order valence-electron chi connectivity index (χ1n) is 10.9. The maximum Gasteiger partial charge on any atom is 0.261 e. The second-order valence-corrected chi connectivity index (χ2v) is 8.80. The highest BCUT2D eigenvalue weighted by molar-refractivity contribution is 6.36. The van der Waals surface area contributed by atoms with Crippen LogP contribution >= 0.6 is 11.6 Å². The van der Waals surface area contributed by atoms with Crippen molar-refractivity contribution in [2.45, 2.75) is 18.6 Å². The van der Waals surface area contributed by atoms with Crippen molar-refractivity contribution in [3.05, 3.63) is 47.1 Å². The van der Waals surface area contributed by atoms with Gasteiger partial charge in [-0.3, -0.25) is 14.5 Å². The standard InChI is InChI=1S/C22H17ClFN9O5/c1-22(36,21(35)28-10-5-13(23)16-15(6-10)38-31-18(16)26)17-20(34)32(2-3-37-17)19-14(24)9-33(30-19)12-4-11(7-25)29-27-8-12/h4-6,8-9,17,36H,2-3H2,1H3,(H2,26,31)(H,28,35). The van der Waals surface area contributed by atoms with Crippen molar-refractivity contribution >= 4 is 51.7 Å². The van der Waals surface area contributed by atoms with Crippen molar-refractivity contribution in [3.63, 3.8) is 0 Å². The Morgan fingerprint density at radius 3 is 2.97 bits per heavy atom. The van der Waals surface area contributed by atoms with Gasteiger partial charge in [-0.2, -0.15) is 10.4 Å². The van der Waals surface area contributed by atoms with Crippen molar-refractivity contribution in [2.24, 2.45) is 0 Å². The van der Waals surface area contributed by atoms with Crippen LogP contribution in [0, 0.1) is 17.1 Å². The number of aliphatic hydroxyl groups is 1. The molecule has 1 aliphatic heterocycles. The highest BCUT2D eigenvalue weighted by Crippen LogP contribution is 2.33. The van der Waals surface area contributed by atoms with Crippen LogP contribution in [0.15, 0.2) is 35.1 Å². The summed E-state index contributed by atoms with van der Waals surface area (Å²) in [5, 5.41) is 38.0. The smallest absolute Gasteiger partial charge is 0.261 e. The number of ether oxygens (including phenoxy) is 1. The van der Waals surface area contributed by atoms with Gasteiger partial charge < -0.3 is 25.4 Å². The molecule has 1 aliphatic rings. The van der Waals surface area contributed by atoms with Crippen molar-refractivity contribution in [2.75, 3.05) is 29.1 Å². The molecule has 0 aliphatic carbocycles. The van der Waals surface area contributed by atoms with Crippen LogP contribution < -0.4 is 16.0 Å². The summed E-state index contributed by atoms with van der Waals surface area (Å²) < 4.78 is 26.5. The van der Waals surface area contributed by atoms with Crippen molar-refractivity contribution < 1.29 is 28.3 Å². The summed E-state index contributed by atoms with van der Waals surface area (Å²) in [6.07, 6.45) is 0.549. The van der Waals surface area contributed by atoms with Gasteiger partial charge in [0.2, 0.25) is 0 Å². The van der Waals surface area contributed by atoms with Crippen molar-refractivity contribution in [3.8, 4) is 11.8 Å². The van der Waals surface area contributed by atoms with Crippen LogP contribution in [0.5, 0.6) is 0 Å². The van der Waals surface area contributed by atoms with E-state index in [9.17, 15) is 19.1 Å². The normalized spacial score (nSPS) is 17.3. The molecule has 4 N–H and O–H groups in total. The third kappa shape index (κ3) is 4.26. The minimum Gasteiger partial charge on any atom is -0.380 e. The molecule has 1 aromatic carbocycles. The lowest BCUT2D eigenvalue weighted by Gasteiger charge is -2.37. The number of morpholine rings is 1. The van der Waals surface area contributed by atoms with E-state index in [1.165, 1.54) is 24.4 Å². The van der Waals surface area contributed by atoms with Crippen LogP contribution in [0.2, 0.25) is 5.02 Å². The molecule has 4 aromatic rings. The van der Waals surface area contributed by atoms with E-state index in [0.717, 1.165) is 22.7 Å².